The van der Waals surface area contributed by atoms with Crippen molar-refractivity contribution in [3.8, 4) is 23.0 Å². The zero-order chi connectivity index (χ0) is 40.4. The van der Waals surface area contributed by atoms with Crippen LogP contribution in [-0.4, -0.2) is 52.2 Å². The van der Waals surface area contributed by atoms with Gasteiger partial charge in [0.05, 0.1) is 21.5 Å². The number of hydrogen-bond donors (Lipinski definition) is 2. The Kier molecular flexibility index (Phi) is 12.8. The minimum atomic E-state index is -1.16. The van der Waals surface area contributed by atoms with Crippen molar-refractivity contribution < 1.29 is 47.5 Å². The second-order valence-corrected chi connectivity index (χ2v) is 12.4. The predicted molar refractivity (Wildman–Crippen MR) is 216 cm³/mol. The maximum Gasteiger partial charge on any atom is 0.305 e. The van der Waals surface area contributed by atoms with Gasteiger partial charge in [0.2, 0.25) is 22.4 Å². The third-order valence-corrected chi connectivity index (χ3v) is 8.64. The molecular weight excluding hydrogens is 732 g/mol. The van der Waals surface area contributed by atoms with E-state index in [1.165, 1.54) is 12.1 Å². The Hall–Kier alpha value is -6.70. The molecule has 0 radical (unpaired) electrons. The number of rotatable bonds is 6. The van der Waals surface area contributed by atoms with Crippen LogP contribution in [0.1, 0.15) is 11.1 Å². The molecule has 0 unspecified atom stereocenters. The van der Waals surface area contributed by atoms with Crippen LogP contribution in [0.2, 0.25) is 0 Å². The lowest BCUT2D eigenvalue weighted by atomic mass is 9.97. The first-order valence-electron chi connectivity index (χ1n) is 17.6. The van der Waals surface area contributed by atoms with Gasteiger partial charge >= 0.3 is 5.79 Å². The van der Waals surface area contributed by atoms with Gasteiger partial charge in [0.15, 0.2) is 22.7 Å². The molecule has 0 saturated carbocycles. The van der Waals surface area contributed by atoms with Crippen LogP contribution in [0.25, 0.3) is 43.9 Å². The molecule has 0 atom stereocenters. The lowest BCUT2D eigenvalue weighted by Crippen LogP contribution is -2.36. The van der Waals surface area contributed by atoms with E-state index in [9.17, 15) is 19.8 Å². The van der Waals surface area contributed by atoms with E-state index >= 15 is 0 Å². The molecule has 0 aliphatic carbocycles. The summed E-state index contributed by atoms with van der Waals surface area (Å²) in [5, 5.41) is 20.7. The molecule has 12 heteroatoms. The summed E-state index contributed by atoms with van der Waals surface area (Å²) in [4.78, 5) is 25.1. The third-order valence-electron chi connectivity index (χ3n) is 8.64. The number of para-hydroxylation sites is 2. The van der Waals surface area contributed by atoms with Crippen molar-refractivity contribution in [1.82, 2.24) is 0 Å². The van der Waals surface area contributed by atoms with E-state index in [-0.39, 0.29) is 27.6 Å². The summed E-state index contributed by atoms with van der Waals surface area (Å²) >= 11 is 0. The first kappa shape index (κ1) is 40.0. The summed E-state index contributed by atoms with van der Waals surface area (Å²) in [7, 11) is 6.35. The highest BCUT2D eigenvalue weighted by atomic mass is 16.7. The van der Waals surface area contributed by atoms with E-state index in [4.69, 9.17) is 18.3 Å². The molecule has 2 N–H and O–H groups in total. The first-order chi connectivity index (χ1) is 27.8. The minimum absolute atomic E-state index is 0.00806. The third kappa shape index (κ3) is 8.30. The van der Waals surface area contributed by atoms with Crippen molar-refractivity contribution in [1.29, 1.82) is 0 Å². The highest BCUT2D eigenvalue weighted by molar-refractivity contribution is 5.95. The van der Waals surface area contributed by atoms with E-state index in [1.807, 2.05) is 72.8 Å². The summed E-state index contributed by atoms with van der Waals surface area (Å²) in [6.07, 6.45) is 0. The number of methoxy groups -OCH3 is 4. The Morgan fingerprint density at radius 2 is 0.930 bits per heavy atom. The highest BCUT2D eigenvalue weighted by Gasteiger charge is 2.46. The van der Waals surface area contributed by atoms with Gasteiger partial charge < -0.3 is 47.5 Å². The Balaban J connectivity index is 0.000000171. The minimum Gasteiger partial charge on any atom is -0.504 e. The molecule has 292 valence electrons. The Morgan fingerprint density at radius 3 is 1.42 bits per heavy atom. The van der Waals surface area contributed by atoms with Crippen molar-refractivity contribution in [2.75, 3.05) is 42.0 Å². The van der Waals surface area contributed by atoms with Gasteiger partial charge in [-0.2, -0.15) is 0 Å². The van der Waals surface area contributed by atoms with Crippen LogP contribution in [0.4, 0.5) is 0 Å². The summed E-state index contributed by atoms with van der Waals surface area (Å²) < 4.78 is 42.4. The predicted octanol–water partition coefficient (Wildman–Crippen LogP) is 8.45. The van der Waals surface area contributed by atoms with Crippen LogP contribution in [0, 0.1) is 0 Å². The maximum absolute atomic E-state index is 13.0. The van der Waals surface area contributed by atoms with Crippen LogP contribution in [0.15, 0.2) is 152 Å². The van der Waals surface area contributed by atoms with Gasteiger partial charge in [-0.1, -0.05) is 84.9 Å². The molecule has 1 aliphatic rings. The molecule has 1 aliphatic heterocycles. The molecule has 3 heterocycles. The monoisotopic (exact) mass is 772 g/mol. The molecule has 6 aromatic carbocycles. The average Bonchev–Trinajstić information content (AvgIpc) is 3.66. The lowest BCUT2D eigenvalue weighted by molar-refractivity contribution is -0.0456. The first-order valence-corrected chi connectivity index (χ1v) is 17.6. The number of aromatic hydroxyl groups is 2. The van der Waals surface area contributed by atoms with E-state index in [0.29, 0.717) is 58.0 Å². The largest absolute Gasteiger partial charge is 0.504 e. The zero-order valence-corrected chi connectivity index (χ0v) is 31.6. The molecule has 9 rings (SSSR count). The van der Waals surface area contributed by atoms with Crippen LogP contribution >= 0.6 is 0 Å². The van der Waals surface area contributed by atoms with Gasteiger partial charge in [0.25, 0.3) is 0 Å². The Bertz CT molecular complexity index is 2660. The normalized spacial score (nSPS) is 12.3. The fraction of sp³-hybridized carbons (Fsp3) is 0.156. The fourth-order valence-corrected chi connectivity index (χ4v) is 6.11. The Morgan fingerprint density at radius 1 is 0.491 bits per heavy atom. The topological polar surface area (TPSA) is 156 Å². The van der Waals surface area contributed by atoms with E-state index < -0.39 is 11.5 Å². The molecule has 0 bridgehead atoms. The molecule has 57 heavy (non-hydrogen) atoms. The van der Waals surface area contributed by atoms with Gasteiger partial charge in [-0.05, 0) is 48.5 Å². The van der Waals surface area contributed by atoms with E-state index in [2.05, 4.69) is 18.9 Å². The number of fused-ring (bicyclic) bond motifs is 6. The molecule has 0 spiro atoms. The van der Waals surface area contributed by atoms with Crippen molar-refractivity contribution in [3.63, 3.8) is 0 Å². The molecule has 2 aromatic heterocycles. The number of phenols is 2. The van der Waals surface area contributed by atoms with Crippen molar-refractivity contribution in [2.24, 2.45) is 0 Å². The van der Waals surface area contributed by atoms with Crippen molar-refractivity contribution in [2.45, 2.75) is 5.79 Å². The maximum atomic E-state index is 13.0. The molecule has 0 amide bonds. The molecule has 0 fully saturated rings. The zero-order valence-electron chi connectivity index (χ0n) is 31.6. The highest BCUT2D eigenvalue weighted by Crippen LogP contribution is 2.50. The molecular formula is C45H40O12. The number of ether oxygens (including phenoxy) is 6. The average molecular weight is 773 g/mol. The van der Waals surface area contributed by atoms with Gasteiger partial charge in [-0.3, -0.25) is 9.59 Å². The summed E-state index contributed by atoms with van der Waals surface area (Å²) in [6, 6.07) is 39.7. The van der Waals surface area contributed by atoms with Gasteiger partial charge in [0, 0.05) is 39.6 Å². The molecule has 8 aromatic rings. The van der Waals surface area contributed by atoms with Gasteiger partial charge in [0.1, 0.15) is 24.8 Å². The van der Waals surface area contributed by atoms with E-state index in [1.54, 1.807) is 77.0 Å². The summed E-state index contributed by atoms with van der Waals surface area (Å²) in [5.41, 5.74) is 2.69. The molecule has 0 saturated heterocycles. The smallest absolute Gasteiger partial charge is 0.305 e. The van der Waals surface area contributed by atoms with Gasteiger partial charge in [-0.15, -0.1) is 0 Å². The van der Waals surface area contributed by atoms with Crippen LogP contribution in [-0.2, 0) is 24.7 Å². The number of phenolic OH excluding ortho intramolecular Hbond substituents is 2. The van der Waals surface area contributed by atoms with Crippen LogP contribution in [0.5, 0.6) is 23.0 Å². The van der Waals surface area contributed by atoms with Gasteiger partial charge in [-0.25, -0.2) is 0 Å². The van der Waals surface area contributed by atoms with E-state index in [0.717, 1.165) is 11.1 Å². The van der Waals surface area contributed by atoms with Crippen molar-refractivity contribution >= 4 is 43.9 Å². The summed E-state index contributed by atoms with van der Waals surface area (Å²) in [5.74, 6) is -0.915. The molecule has 12 nitrogen and oxygen atoms in total. The Labute approximate surface area is 326 Å². The quantitative estimate of drug-likeness (QED) is 0.0946. The number of benzene rings is 6. The summed E-state index contributed by atoms with van der Waals surface area (Å²) in [6.45, 7) is 0.778. The van der Waals surface area contributed by atoms with Crippen LogP contribution in [0.3, 0.4) is 0 Å². The van der Waals surface area contributed by atoms with Crippen LogP contribution < -0.4 is 20.3 Å². The standard InChI is InChI=1S/C26H16O4.C13H8O4.2C3H8O2/c27-23-19-13-7-8-14-21(19)28-24-20(23)15-16-22-25(24)30-26(29-22,17-9-3-1-4-10-17)18-11-5-2-6-12-18;14-9-6-5-8-11(15)7-3-1-2-4-10(7)17-13(8)12(9)16;2*1-4-3-5-2/h1-16H;1-6,14,16H;2*3H2,1-2H3. The lowest BCUT2D eigenvalue weighted by Gasteiger charge is -2.28. The number of hydrogen-bond acceptors (Lipinski definition) is 12. The van der Waals surface area contributed by atoms with Crippen molar-refractivity contribution in [3.05, 3.63) is 165 Å². The second kappa shape index (κ2) is 18.3. The SMILES string of the molecule is COCOC.COCOC.O=c1c2ccccc2oc2c(O)c(O)ccc12.O=c1c2ccccc2oc2c3c(ccc12)OC(c1ccccc1)(c1ccccc1)O3. The second-order valence-electron chi connectivity index (χ2n) is 12.4. The fourth-order valence-electron chi connectivity index (χ4n) is 6.11.